The number of fused-ring (bicyclic) bond motifs is 3. The van der Waals surface area contributed by atoms with Crippen molar-refractivity contribution in [2.75, 3.05) is 0 Å². The molecule has 0 amide bonds. The summed E-state index contributed by atoms with van der Waals surface area (Å²) in [4.78, 5) is 3.80. The molecule has 2 aliphatic carbocycles. The van der Waals surface area contributed by atoms with Gasteiger partial charge < -0.3 is 0 Å². The second-order valence-corrected chi connectivity index (χ2v) is 6.89. The molecule has 118 valence electrons. The zero-order chi connectivity index (χ0) is 15.6. The molecule has 2 aliphatic rings. The van der Waals surface area contributed by atoms with Crippen LogP contribution in [0.3, 0.4) is 0 Å². The highest BCUT2D eigenvalue weighted by Gasteiger charge is 2.19. The van der Waals surface area contributed by atoms with Crippen LogP contribution >= 0.6 is 0 Å². The molecule has 0 radical (unpaired) electrons. The van der Waals surface area contributed by atoms with Crippen molar-refractivity contribution < 1.29 is 8.42 Å². The minimum Gasteiger partial charge on any atom is -0.213 e. The third-order valence-corrected chi connectivity index (χ3v) is 4.77. The maximum Gasteiger partial charge on any atom is 0.321 e. The summed E-state index contributed by atoms with van der Waals surface area (Å²) in [6.45, 7) is 0. The summed E-state index contributed by atoms with van der Waals surface area (Å²) < 4.78 is 24.3. The lowest BCUT2D eigenvalue weighted by molar-refractivity contribution is 0.254. The molecule has 2 fully saturated rings. The van der Waals surface area contributed by atoms with Crippen LogP contribution < -0.4 is 0 Å². The zero-order valence-electron chi connectivity index (χ0n) is 12.1. The summed E-state index contributed by atoms with van der Waals surface area (Å²) in [5, 5.41) is 0. The van der Waals surface area contributed by atoms with Gasteiger partial charge in [-0.1, -0.05) is 64.2 Å². The zero-order valence-corrected chi connectivity index (χ0v) is 13.0. The number of hydrogen-bond donors (Lipinski definition) is 0. The average molecular weight is 314 g/mol. The van der Waals surface area contributed by atoms with Gasteiger partial charge in [0.25, 0.3) is 0 Å². The van der Waals surface area contributed by atoms with Crippen molar-refractivity contribution in [3.8, 4) is 0 Å². The molecule has 0 saturated heterocycles. The summed E-state index contributed by atoms with van der Waals surface area (Å²) >= 11 is 0. The Morgan fingerprint density at radius 2 is 1.05 bits per heavy atom. The first kappa shape index (κ1) is 17.6. The average Bonchev–Trinajstić information content (AvgIpc) is 2.38. The molecule has 2 saturated carbocycles. The molecule has 0 atom stereocenters. The van der Waals surface area contributed by atoms with E-state index in [2.05, 4.69) is 9.04 Å². The molecule has 0 aromatic heterocycles. The van der Waals surface area contributed by atoms with Crippen molar-refractivity contribution in [3.63, 3.8) is 0 Å². The van der Waals surface area contributed by atoms with Crippen molar-refractivity contribution in [3.05, 3.63) is 20.9 Å². The van der Waals surface area contributed by atoms with Gasteiger partial charge in [0, 0.05) is 18.9 Å². The smallest absolute Gasteiger partial charge is 0.213 e. The minimum atomic E-state index is -4.27. The topological polar surface area (TPSA) is 132 Å². The molecule has 0 heterocycles. The summed E-state index contributed by atoms with van der Waals surface area (Å²) in [7, 11) is -4.27. The van der Waals surface area contributed by atoms with Crippen LogP contribution in [-0.4, -0.2) is 8.42 Å². The molecule has 0 N–H and O–H groups in total. The van der Waals surface area contributed by atoms with Crippen molar-refractivity contribution in [1.29, 1.82) is 0 Å². The van der Waals surface area contributed by atoms with E-state index in [4.69, 9.17) is 11.1 Å². The Bertz CT molecular complexity index is 456. The number of hydrogen-bond acceptors (Lipinski definition) is 2. The first-order valence-corrected chi connectivity index (χ1v) is 8.84. The van der Waals surface area contributed by atoms with Crippen molar-refractivity contribution in [2.24, 2.45) is 20.9 Å². The highest BCUT2D eigenvalue weighted by Crippen LogP contribution is 2.34. The van der Waals surface area contributed by atoms with Gasteiger partial charge in [0.05, 0.1) is 0 Å². The van der Waals surface area contributed by atoms with E-state index in [1.165, 1.54) is 25.7 Å². The van der Waals surface area contributed by atoms with Gasteiger partial charge in [0.1, 0.15) is 0 Å². The van der Waals surface area contributed by atoms with Gasteiger partial charge in [0.2, 0.25) is 0 Å². The SMILES string of the molecule is C1CCC2CCCCC(C1)CC2.[N-]=[N+]=NS(=O)(=O)N=[N+]=[N-]. The largest absolute Gasteiger partial charge is 0.321 e. The molecule has 0 unspecified atom stereocenters. The van der Waals surface area contributed by atoms with Gasteiger partial charge in [-0.25, -0.2) is 8.42 Å². The summed E-state index contributed by atoms with van der Waals surface area (Å²) in [5.41, 5.74) is 15.0. The van der Waals surface area contributed by atoms with E-state index in [0.29, 0.717) is 0 Å². The second kappa shape index (κ2) is 9.50. The van der Waals surface area contributed by atoms with E-state index >= 15 is 0 Å². The Hall–Kier alpha value is -1.43. The van der Waals surface area contributed by atoms with E-state index in [0.717, 1.165) is 11.8 Å². The van der Waals surface area contributed by atoms with Gasteiger partial charge in [0.15, 0.2) is 0 Å². The molecule has 0 aromatic carbocycles. The molecule has 9 heteroatoms. The van der Waals surface area contributed by atoms with E-state index in [-0.39, 0.29) is 0 Å². The van der Waals surface area contributed by atoms with Crippen LogP contribution in [-0.2, 0) is 10.2 Å². The predicted octanol–water partition coefficient (Wildman–Crippen LogP) is 5.00. The maximum atomic E-state index is 9.99. The normalized spacial score (nSPS) is 25.5. The third-order valence-electron chi connectivity index (χ3n) is 4.21. The quantitative estimate of drug-likeness (QED) is 0.403. The fourth-order valence-electron chi connectivity index (χ4n) is 3.18. The van der Waals surface area contributed by atoms with E-state index in [1.54, 1.807) is 38.5 Å². The molecule has 21 heavy (non-hydrogen) atoms. The van der Waals surface area contributed by atoms with Crippen LogP contribution in [0, 0.1) is 11.8 Å². The molecule has 2 rings (SSSR count). The fraction of sp³-hybridized carbons (Fsp3) is 1.00. The Morgan fingerprint density at radius 1 is 0.714 bits per heavy atom. The van der Waals surface area contributed by atoms with E-state index in [1.807, 2.05) is 9.82 Å². The lowest BCUT2D eigenvalue weighted by Crippen LogP contribution is -2.13. The first-order valence-electron chi connectivity index (χ1n) is 7.45. The molecular formula is C12H22N6O2S. The minimum absolute atomic E-state index is 1.12. The fourth-order valence-corrected chi connectivity index (χ4v) is 3.40. The van der Waals surface area contributed by atoms with Crippen LogP contribution in [0.1, 0.15) is 64.2 Å². The highest BCUT2D eigenvalue weighted by molar-refractivity contribution is 7.88. The Morgan fingerprint density at radius 3 is 1.33 bits per heavy atom. The second-order valence-electron chi connectivity index (χ2n) is 5.67. The van der Waals surface area contributed by atoms with Crippen molar-refractivity contribution >= 4 is 10.2 Å². The van der Waals surface area contributed by atoms with Crippen LogP contribution in [0.4, 0.5) is 0 Å². The van der Waals surface area contributed by atoms with Gasteiger partial charge >= 0.3 is 10.2 Å². The number of azide groups is 1. The van der Waals surface area contributed by atoms with Crippen LogP contribution in [0.15, 0.2) is 9.04 Å². The standard InChI is InChI=1S/C12H22.N6O2S/c1-2-6-12-8-4-3-7-11(5-1)9-10-12;1-3-5-9(7,8)6-4-2/h11-12H,1-10H2;. The lowest BCUT2D eigenvalue weighted by Gasteiger charge is -2.28. The van der Waals surface area contributed by atoms with E-state index < -0.39 is 10.2 Å². The van der Waals surface area contributed by atoms with Crippen molar-refractivity contribution in [2.45, 2.75) is 64.2 Å². The summed E-state index contributed by atoms with van der Waals surface area (Å²) in [6.07, 6.45) is 15.4. The summed E-state index contributed by atoms with van der Waals surface area (Å²) in [5.74, 6) is 2.24. The van der Waals surface area contributed by atoms with Crippen LogP contribution in [0.5, 0.6) is 0 Å². The molecular weight excluding hydrogens is 292 g/mol. The third kappa shape index (κ3) is 7.80. The Balaban J connectivity index is 0.000000222. The lowest BCUT2D eigenvalue weighted by atomic mass is 9.78. The molecule has 0 spiro atoms. The Labute approximate surface area is 125 Å². The molecule has 8 nitrogen and oxygen atoms in total. The number of nitrogens with zero attached hydrogens (tertiary/aromatic N) is 6. The van der Waals surface area contributed by atoms with Gasteiger partial charge in [-0.2, -0.15) is 0 Å². The molecule has 0 aliphatic heterocycles. The highest BCUT2D eigenvalue weighted by atomic mass is 32.2. The van der Waals surface area contributed by atoms with Crippen LogP contribution in [0.25, 0.3) is 20.9 Å². The Kier molecular flexibility index (Phi) is 7.97. The number of rotatable bonds is 2. The van der Waals surface area contributed by atoms with Gasteiger partial charge in [-0.15, -0.1) is 0 Å². The van der Waals surface area contributed by atoms with Crippen molar-refractivity contribution in [1.82, 2.24) is 0 Å². The molecule has 0 aromatic rings. The molecule has 2 bridgehead atoms. The van der Waals surface area contributed by atoms with Gasteiger partial charge in [-0.3, -0.25) is 0 Å². The van der Waals surface area contributed by atoms with Crippen LogP contribution in [0.2, 0.25) is 0 Å². The van der Waals surface area contributed by atoms with Gasteiger partial charge in [-0.05, 0) is 22.9 Å². The van der Waals surface area contributed by atoms with E-state index in [9.17, 15) is 8.42 Å². The maximum absolute atomic E-state index is 9.99. The predicted molar refractivity (Wildman–Crippen MR) is 80.4 cm³/mol. The summed E-state index contributed by atoms with van der Waals surface area (Å²) in [6, 6.07) is 0. The monoisotopic (exact) mass is 314 g/mol. The first-order chi connectivity index (χ1) is 10.1.